The van der Waals surface area contributed by atoms with Crippen LogP contribution in [0, 0.1) is 6.92 Å². The number of anilines is 1. The van der Waals surface area contributed by atoms with Crippen molar-refractivity contribution in [2.24, 2.45) is 7.05 Å². The molecule has 0 saturated carbocycles. The first-order valence-electron chi connectivity index (χ1n) is 4.52. The third-order valence-electron chi connectivity index (χ3n) is 2.09. The summed E-state index contributed by atoms with van der Waals surface area (Å²) in [4.78, 5) is 4.06. The molecule has 0 aliphatic carbocycles. The summed E-state index contributed by atoms with van der Waals surface area (Å²) in [5.41, 5.74) is 1.20. The van der Waals surface area contributed by atoms with Crippen LogP contribution in [-0.2, 0) is 13.6 Å². The number of hydrogen-bond donors (Lipinski definition) is 1. The van der Waals surface area contributed by atoms with Gasteiger partial charge in [-0.3, -0.25) is 0 Å². The van der Waals surface area contributed by atoms with E-state index in [1.807, 2.05) is 26.2 Å². The second-order valence-electron chi connectivity index (χ2n) is 3.24. The highest BCUT2D eigenvalue weighted by Gasteiger charge is 2.00. The minimum Gasteiger partial charge on any atom is -0.429 e. The Kier molecular flexibility index (Phi) is 2.26. The van der Waals surface area contributed by atoms with Gasteiger partial charge in [-0.15, -0.1) is 0 Å². The summed E-state index contributed by atoms with van der Waals surface area (Å²) in [5, 5.41) is 3.11. The Morgan fingerprint density at radius 1 is 1.57 bits per heavy atom. The molecule has 0 aliphatic rings. The van der Waals surface area contributed by atoms with Gasteiger partial charge in [-0.1, -0.05) is 0 Å². The van der Waals surface area contributed by atoms with Crippen LogP contribution in [0.4, 0.5) is 6.01 Å². The Bertz CT molecular complexity index is 416. The molecule has 0 saturated heterocycles. The molecule has 0 unspecified atom stereocenters. The molecule has 0 aromatic carbocycles. The molecular formula is C10H13N3O. The van der Waals surface area contributed by atoms with Crippen molar-refractivity contribution < 1.29 is 4.42 Å². The zero-order valence-electron chi connectivity index (χ0n) is 8.32. The molecule has 0 atom stereocenters. The zero-order chi connectivity index (χ0) is 9.97. The van der Waals surface area contributed by atoms with E-state index in [-0.39, 0.29) is 0 Å². The smallest absolute Gasteiger partial charge is 0.295 e. The predicted octanol–water partition coefficient (Wildman–Crippen LogP) is 1.93. The largest absolute Gasteiger partial charge is 0.429 e. The van der Waals surface area contributed by atoms with Crippen LogP contribution in [-0.4, -0.2) is 9.55 Å². The Morgan fingerprint density at radius 2 is 2.43 bits per heavy atom. The molecule has 0 radical (unpaired) electrons. The van der Waals surface area contributed by atoms with Crippen LogP contribution in [0.1, 0.15) is 11.5 Å². The highest BCUT2D eigenvalue weighted by atomic mass is 16.4. The fourth-order valence-electron chi connectivity index (χ4n) is 1.28. The van der Waals surface area contributed by atoms with Crippen molar-refractivity contribution in [1.82, 2.24) is 9.55 Å². The van der Waals surface area contributed by atoms with Crippen molar-refractivity contribution in [2.45, 2.75) is 13.5 Å². The van der Waals surface area contributed by atoms with Crippen molar-refractivity contribution in [2.75, 3.05) is 5.32 Å². The number of nitrogens with one attached hydrogen (secondary N) is 1. The van der Waals surface area contributed by atoms with E-state index < -0.39 is 0 Å². The average molecular weight is 191 g/mol. The first-order valence-corrected chi connectivity index (χ1v) is 4.52. The summed E-state index contributed by atoms with van der Waals surface area (Å²) in [6.45, 7) is 2.60. The monoisotopic (exact) mass is 191 g/mol. The van der Waals surface area contributed by atoms with Gasteiger partial charge in [0, 0.05) is 18.9 Å². The minimum absolute atomic E-state index is 0.573. The molecule has 0 aliphatic heterocycles. The standard InChI is InChI=1S/C10H13N3O/c1-8-6-11-10(14-8)12-7-9-4-3-5-13(9)2/h3-6H,7H2,1-2H3,(H,11,12). The molecule has 0 bridgehead atoms. The lowest BCUT2D eigenvalue weighted by Gasteiger charge is -2.02. The van der Waals surface area contributed by atoms with Crippen molar-refractivity contribution >= 4 is 6.01 Å². The molecule has 1 N–H and O–H groups in total. The second kappa shape index (κ2) is 3.57. The molecular weight excluding hydrogens is 178 g/mol. The molecule has 0 spiro atoms. The summed E-state index contributed by atoms with van der Waals surface area (Å²) >= 11 is 0. The van der Waals surface area contributed by atoms with Gasteiger partial charge < -0.3 is 14.3 Å². The molecule has 2 heterocycles. The van der Waals surface area contributed by atoms with Gasteiger partial charge >= 0.3 is 0 Å². The van der Waals surface area contributed by atoms with Crippen LogP contribution in [0.2, 0.25) is 0 Å². The number of aryl methyl sites for hydroxylation is 2. The fourth-order valence-corrected chi connectivity index (χ4v) is 1.28. The zero-order valence-corrected chi connectivity index (χ0v) is 8.32. The van der Waals surface area contributed by atoms with E-state index in [4.69, 9.17) is 4.42 Å². The molecule has 14 heavy (non-hydrogen) atoms. The lowest BCUT2D eigenvalue weighted by molar-refractivity contribution is 0.539. The normalized spacial score (nSPS) is 10.4. The molecule has 4 nitrogen and oxygen atoms in total. The van der Waals surface area contributed by atoms with Gasteiger partial charge in [0.25, 0.3) is 6.01 Å². The molecule has 74 valence electrons. The molecule has 0 fully saturated rings. The molecule has 2 rings (SSSR count). The summed E-state index contributed by atoms with van der Waals surface area (Å²) in [6, 6.07) is 4.64. The topological polar surface area (TPSA) is 43.0 Å². The summed E-state index contributed by atoms with van der Waals surface area (Å²) < 4.78 is 7.35. The first-order chi connectivity index (χ1) is 6.75. The Morgan fingerprint density at radius 3 is 3.00 bits per heavy atom. The third-order valence-corrected chi connectivity index (χ3v) is 2.09. The Balaban J connectivity index is 1.98. The van der Waals surface area contributed by atoms with Crippen molar-refractivity contribution in [3.05, 3.63) is 36.0 Å². The molecule has 2 aromatic heterocycles. The SMILES string of the molecule is Cc1cnc(NCc2cccn2C)o1. The van der Waals surface area contributed by atoms with Crippen LogP contribution in [0.5, 0.6) is 0 Å². The Labute approximate surface area is 82.6 Å². The predicted molar refractivity (Wildman–Crippen MR) is 54.0 cm³/mol. The van der Waals surface area contributed by atoms with Crippen LogP contribution in [0.3, 0.4) is 0 Å². The van der Waals surface area contributed by atoms with Crippen molar-refractivity contribution in [3.63, 3.8) is 0 Å². The number of oxazole rings is 1. The van der Waals surface area contributed by atoms with Crippen molar-refractivity contribution in [3.8, 4) is 0 Å². The lowest BCUT2D eigenvalue weighted by Crippen LogP contribution is -2.03. The third kappa shape index (κ3) is 1.79. The minimum atomic E-state index is 0.573. The molecule has 4 heteroatoms. The maximum Gasteiger partial charge on any atom is 0.295 e. The van der Waals surface area contributed by atoms with Gasteiger partial charge in [0.2, 0.25) is 0 Å². The quantitative estimate of drug-likeness (QED) is 0.806. The molecule has 2 aromatic rings. The molecule has 0 amide bonds. The van der Waals surface area contributed by atoms with Gasteiger partial charge in [0.15, 0.2) is 0 Å². The van der Waals surface area contributed by atoms with Crippen LogP contribution in [0.25, 0.3) is 0 Å². The number of hydrogen-bond acceptors (Lipinski definition) is 3. The van der Waals surface area contributed by atoms with Gasteiger partial charge in [-0.05, 0) is 19.1 Å². The van der Waals surface area contributed by atoms with Gasteiger partial charge in [-0.25, -0.2) is 4.98 Å². The Hall–Kier alpha value is -1.71. The van der Waals surface area contributed by atoms with E-state index in [1.54, 1.807) is 6.20 Å². The fraction of sp³-hybridized carbons (Fsp3) is 0.300. The first kappa shape index (κ1) is 8.87. The van der Waals surface area contributed by atoms with E-state index in [0.717, 1.165) is 12.3 Å². The van der Waals surface area contributed by atoms with Crippen LogP contribution in [0.15, 0.2) is 28.9 Å². The van der Waals surface area contributed by atoms with Gasteiger partial charge in [0.05, 0.1) is 12.7 Å². The van der Waals surface area contributed by atoms with Crippen molar-refractivity contribution in [1.29, 1.82) is 0 Å². The highest BCUT2D eigenvalue weighted by Crippen LogP contribution is 2.09. The van der Waals surface area contributed by atoms with E-state index in [0.29, 0.717) is 6.01 Å². The highest BCUT2D eigenvalue weighted by molar-refractivity contribution is 5.22. The second-order valence-corrected chi connectivity index (χ2v) is 3.24. The summed E-state index contributed by atoms with van der Waals surface area (Å²) in [5.74, 6) is 0.819. The van der Waals surface area contributed by atoms with Gasteiger partial charge in [0.1, 0.15) is 5.76 Å². The van der Waals surface area contributed by atoms with E-state index in [1.165, 1.54) is 5.69 Å². The number of rotatable bonds is 3. The average Bonchev–Trinajstić information content (AvgIpc) is 2.72. The summed E-state index contributed by atoms with van der Waals surface area (Å²) in [6.07, 6.45) is 3.71. The van der Waals surface area contributed by atoms with Gasteiger partial charge in [-0.2, -0.15) is 0 Å². The van der Waals surface area contributed by atoms with E-state index >= 15 is 0 Å². The van der Waals surface area contributed by atoms with Crippen LogP contribution < -0.4 is 5.32 Å². The number of nitrogens with zero attached hydrogens (tertiary/aromatic N) is 2. The summed E-state index contributed by atoms with van der Waals surface area (Å²) in [7, 11) is 2.01. The van der Waals surface area contributed by atoms with E-state index in [9.17, 15) is 0 Å². The lowest BCUT2D eigenvalue weighted by atomic mass is 10.4. The maximum absolute atomic E-state index is 5.29. The maximum atomic E-state index is 5.29. The van der Waals surface area contributed by atoms with E-state index in [2.05, 4.69) is 20.9 Å². The van der Waals surface area contributed by atoms with Crippen LogP contribution >= 0.6 is 0 Å². The number of aromatic nitrogens is 2.